The van der Waals surface area contributed by atoms with Crippen LogP contribution in [0.3, 0.4) is 0 Å². The van der Waals surface area contributed by atoms with Crippen LogP contribution in [0.15, 0.2) is 53.6 Å². The van der Waals surface area contributed by atoms with E-state index in [1.165, 1.54) is 12.5 Å². The van der Waals surface area contributed by atoms with Crippen molar-refractivity contribution in [1.82, 2.24) is 20.1 Å². The van der Waals surface area contributed by atoms with E-state index in [4.69, 9.17) is 14.5 Å². The van der Waals surface area contributed by atoms with Gasteiger partial charge in [0.25, 0.3) is 0 Å². The maximum Gasteiger partial charge on any atom is 0.243 e. The number of nitriles is 1. The Morgan fingerprint density at radius 3 is 2.88 bits per heavy atom. The number of nitrogens with one attached hydrogen (secondary N) is 1. The van der Waals surface area contributed by atoms with Gasteiger partial charge in [-0.1, -0.05) is 35.5 Å². The highest BCUT2D eigenvalue weighted by molar-refractivity contribution is 5.97. The first-order chi connectivity index (χ1) is 11.9. The summed E-state index contributed by atoms with van der Waals surface area (Å²) in [5.41, 5.74) is 2.94. The number of aromatic amines is 1. The molecule has 1 aromatic carbocycles. The summed E-state index contributed by atoms with van der Waals surface area (Å²) in [5, 5.41) is 13.5. The Labute approximate surface area is 136 Å². The predicted octanol–water partition coefficient (Wildman–Crippen LogP) is 3.06. The predicted molar refractivity (Wildman–Crippen MR) is 84.9 cm³/mol. The van der Waals surface area contributed by atoms with E-state index in [0.717, 1.165) is 5.56 Å². The lowest BCUT2D eigenvalue weighted by Crippen LogP contribution is -1.98. The molecule has 0 bridgehead atoms. The van der Waals surface area contributed by atoms with Crippen LogP contribution in [0.25, 0.3) is 22.2 Å². The van der Waals surface area contributed by atoms with Crippen LogP contribution in [0.5, 0.6) is 5.88 Å². The number of H-pyrrole nitrogens is 1. The lowest BCUT2D eigenvalue weighted by atomic mass is 10.1. The van der Waals surface area contributed by atoms with E-state index < -0.39 is 0 Å². The zero-order valence-corrected chi connectivity index (χ0v) is 12.4. The smallest absolute Gasteiger partial charge is 0.243 e. The van der Waals surface area contributed by atoms with Crippen molar-refractivity contribution in [2.24, 2.45) is 0 Å². The Hall–Kier alpha value is -3.66. The molecule has 7 heteroatoms. The molecule has 116 valence electrons. The summed E-state index contributed by atoms with van der Waals surface area (Å²) in [5.74, 6) is 0.568. The molecule has 0 aliphatic rings. The molecule has 4 rings (SSSR count). The SMILES string of the molecule is N#Cc1oncc1-c1c[nH]c2ncnc(OCc3ccccc3)c12. The van der Waals surface area contributed by atoms with Gasteiger partial charge in [0.1, 0.15) is 24.7 Å². The molecule has 0 atom stereocenters. The van der Waals surface area contributed by atoms with Gasteiger partial charge >= 0.3 is 0 Å². The van der Waals surface area contributed by atoms with Crippen LogP contribution >= 0.6 is 0 Å². The zero-order valence-electron chi connectivity index (χ0n) is 12.4. The van der Waals surface area contributed by atoms with Gasteiger partial charge in [0.05, 0.1) is 17.1 Å². The Balaban J connectivity index is 1.76. The molecule has 24 heavy (non-hydrogen) atoms. The number of fused-ring (bicyclic) bond motifs is 1. The van der Waals surface area contributed by atoms with E-state index in [9.17, 15) is 0 Å². The summed E-state index contributed by atoms with van der Waals surface area (Å²) in [4.78, 5) is 11.5. The maximum atomic E-state index is 9.14. The summed E-state index contributed by atoms with van der Waals surface area (Å²) in [6.07, 6.45) is 4.67. The summed E-state index contributed by atoms with van der Waals surface area (Å²) in [7, 11) is 0. The fourth-order valence-electron chi connectivity index (χ4n) is 2.49. The molecule has 0 aliphatic heterocycles. The van der Waals surface area contributed by atoms with Crippen molar-refractivity contribution in [3.63, 3.8) is 0 Å². The quantitative estimate of drug-likeness (QED) is 0.621. The molecule has 0 aliphatic carbocycles. The fraction of sp³-hybridized carbons (Fsp3) is 0.0588. The van der Waals surface area contributed by atoms with E-state index in [1.807, 2.05) is 36.4 Å². The number of aromatic nitrogens is 4. The summed E-state index contributed by atoms with van der Waals surface area (Å²) in [6.45, 7) is 0.381. The van der Waals surface area contributed by atoms with Gasteiger partial charge in [0, 0.05) is 11.8 Å². The van der Waals surface area contributed by atoms with Crippen molar-refractivity contribution in [3.05, 3.63) is 60.4 Å². The van der Waals surface area contributed by atoms with Gasteiger partial charge < -0.3 is 14.2 Å². The molecule has 7 nitrogen and oxygen atoms in total. The number of hydrogen-bond donors (Lipinski definition) is 1. The molecule has 3 aromatic heterocycles. The normalized spacial score (nSPS) is 10.6. The van der Waals surface area contributed by atoms with Crippen molar-refractivity contribution in [1.29, 1.82) is 5.26 Å². The van der Waals surface area contributed by atoms with E-state index in [0.29, 0.717) is 34.6 Å². The number of hydrogen-bond acceptors (Lipinski definition) is 6. The topological polar surface area (TPSA) is 101 Å². The molecular formula is C17H11N5O2. The first-order valence-electron chi connectivity index (χ1n) is 7.21. The molecule has 0 spiro atoms. The van der Waals surface area contributed by atoms with Crippen molar-refractivity contribution in [3.8, 4) is 23.1 Å². The van der Waals surface area contributed by atoms with Crippen LogP contribution in [0.4, 0.5) is 0 Å². The lowest BCUT2D eigenvalue weighted by Gasteiger charge is -2.07. The molecule has 0 unspecified atom stereocenters. The molecular weight excluding hydrogens is 306 g/mol. The highest BCUT2D eigenvalue weighted by Gasteiger charge is 2.18. The first-order valence-corrected chi connectivity index (χ1v) is 7.21. The Morgan fingerprint density at radius 2 is 2.04 bits per heavy atom. The highest BCUT2D eigenvalue weighted by Crippen LogP contribution is 2.34. The molecule has 0 radical (unpaired) electrons. The lowest BCUT2D eigenvalue weighted by molar-refractivity contribution is 0.297. The highest BCUT2D eigenvalue weighted by atomic mass is 16.5. The van der Waals surface area contributed by atoms with Gasteiger partial charge in [-0.15, -0.1) is 0 Å². The average molecular weight is 317 g/mol. The Bertz CT molecular complexity index is 1030. The summed E-state index contributed by atoms with van der Waals surface area (Å²) < 4.78 is 10.8. The number of ether oxygens (including phenoxy) is 1. The van der Waals surface area contributed by atoms with Crippen LogP contribution in [0, 0.1) is 11.3 Å². The molecule has 0 saturated heterocycles. The minimum atomic E-state index is 0.133. The average Bonchev–Trinajstić information content (AvgIpc) is 3.27. The van der Waals surface area contributed by atoms with Gasteiger partial charge in [0.2, 0.25) is 11.6 Å². The van der Waals surface area contributed by atoms with Crippen LogP contribution in [0.1, 0.15) is 11.3 Å². The molecule has 4 aromatic rings. The van der Waals surface area contributed by atoms with E-state index in [1.54, 1.807) is 6.20 Å². The maximum absolute atomic E-state index is 9.14. The van der Waals surface area contributed by atoms with Crippen LogP contribution in [-0.4, -0.2) is 20.1 Å². The van der Waals surface area contributed by atoms with Gasteiger partial charge in [-0.2, -0.15) is 5.26 Å². The first kappa shape index (κ1) is 14.0. The number of nitrogens with zero attached hydrogens (tertiary/aromatic N) is 4. The fourth-order valence-corrected chi connectivity index (χ4v) is 2.49. The van der Waals surface area contributed by atoms with Gasteiger partial charge in [-0.05, 0) is 5.56 Å². The molecule has 0 fully saturated rings. The van der Waals surface area contributed by atoms with Gasteiger partial charge in [-0.3, -0.25) is 0 Å². The Kier molecular flexibility index (Phi) is 3.41. The van der Waals surface area contributed by atoms with E-state index in [-0.39, 0.29) is 5.76 Å². The minimum Gasteiger partial charge on any atom is -0.472 e. The molecule has 0 saturated carbocycles. The van der Waals surface area contributed by atoms with Crippen LogP contribution < -0.4 is 4.74 Å². The standard InChI is InChI=1S/C17H11N5O2/c18-6-14-12(8-22-24-14)13-7-19-16-15(13)17(21-10-20-16)23-9-11-4-2-1-3-5-11/h1-5,7-8,10H,9H2,(H,19,20,21). The summed E-state index contributed by atoms with van der Waals surface area (Å²) in [6, 6.07) is 11.8. The summed E-state index contributed by atoms with van der Waals surface area (Å²) >= 11 is 0. The third kappa shape index (κ3) is 2.36. The van der Waals surface area contributed by atoms with E-state index in [2.05, 4.69) is 20.1 Å². The van der Waals surface area contributed by atoms with Gasteiger partial charge in [0.15, 0.2) is 0 Å². The number of benzene rings is 1. The van der Waals surface area contributed by atoms with Crippen LogP contribution in [0.2, 0.25) is 0 Å². The third-order valence-electron chi connectivity index (χ3n) is 3.62. The Morgan fingerprint density at radius 1 is 1.17 bits per heavy atom. The largest absolute Gasteiger partial charge is 0.472 e. The van der Waals surface area contributed by atoms with Crippen molar-refractivity contribution in [2.75, 3.05) is 0 Å². The van der Waals surface area contributed by atoms with Crippen molar-refractivity contribution >= 4 is 11.0 Å². The molecule has 1 N–H and O–H groups in total. The second-order valence-electron chi connectivity index (χ2n) is 5.06. The molecule has 3 heterocycles. The van der Waals surface area contributed by atoms with E-state index >= 15 is 0 Å². The zero-order chi connectivity index (χ0) is 16.4. The van der Waals surface area contributed by atoms with Crippen LogP contribution in [-0.2, 0) is 6.61 Å². The third-order valence-corrected chi connectivity index (χ3v) is 3.62. The second-order valence-corrected chi connectivity index (χ2v) is 5.06. The molecule has 0 amide bonds. The monoisotopic (exact) mass is 317 g/mol. The van der Waals surface area contributed by atoms with Crippen molar-refractivity contribution in [2.45, 2.75) is 6.61 Å². The second kappa shape index (κ2) is 5.85. The number of rotatable bonds is 4. The van der Waals surface area contributed by atoms with Crippen molar-refractivity contribution < 1.29 is 9.26 Å². The minimum absolute atomic E-state index is 0.133. The van der Waals surface area contributed by atoms with Gasteiger partial charge in [-0.25, -0.2) is 9.97 Å².